The summed E-state index contributed by atoms with van der Waals surface area (Å²) in [5.41, 5.74) is 1.56. The predicted molar refractivity (Wildman–Crippen MR) is 106 cm³/mol. The molecule has 0 saturated heterocycles. The van der Waals surface area contributed by atoms with Gasteiger partial charge in [-0.2, -0.15) is 5.10 Å². The average Bonchev–Trinajstić information content (AvgIpc) is 3.45. The fourth-order valence-corrected chi connectivity index (χ4v) is 4.73. The summed E-state index contributed by atoms with van der Waals surface area (Å²) >= 11 is 1.68. The van der Waals surface area contributed by atoms with Gasteiger partial charge in [0.25, 0.3) is 0 Å². The van der Waals surface area contributed by atoms with E-state index < -0.39 is 5.75 Å². The highest BCUT2D eigenvalue weighted by atomic mass is 32.1. The molecule has 2 aliphatic carbocycles. The van der Waals surface area contributed by atoms with Gasteiger partial charge in [0.2, 0.25) is 10.6 Å². The van der Waals surface area contributed by atoms with Gasteiger partial charge in [0.1, 0.15) is 0 Å². The van der Waals surface area contributed by atoms with E-state index in [1.54, 1.807) is 11.3 Å². The first-order valence-electron chi connectivity index (χ1n) is 9.59. The molecule has 144 valence electrons. The Labute approximate surface area is 162 Å². The van der Waals surface area contributed by atoms with Gasteiger partial charge in [-0.25, -0.2) is 4.68 Å². The summed E-state index contributed by atoms with van der Waals surface area (Å²) in [6, 6.07) is 3.23. The first-order chi connectivity index (χ1) is 13.0. The minimum absolute atomic E-state index is 0.352. The van der Waals surface area contributed by atoms with Crippen LogP contribution in [-0.2, 0) is 0 Å². The number of phenols is 3. The maximum absolute atomic E-state index is 10.1. The van der Waals surface area contributed by atoms with Crippen LogP contribution in [0.4, 0.5) is 0 Å². The van der Waals surface area contributed by atoms with Gasteiger partial charge >= 0.3 is 0 Å². The number of benzene rings is 1. The van der Waals surface area contributed by atoms with Crippen LogP contribution in [0.3, 0.4) is 0 Å². The largest absolute Gasteiger partial charge is 0.504 e. The van der Waals surface area contributed by atoms with Crippen LogP contribution >= 0.6 is 11.3 Å². The summed E-state index contributed by atoms with van der Waals surface area (Å²) in [4.78, 5) is 7.13. The molecule has 2 aromatic rings. The van der Waals surface area contributed by atoms with E-state index in [9.17, 15) is 15.3 Å². The fraction of sp³-hybridized carbons (Fsp3) is 0.500. The Hall–Kier alpha value is -2.28. The summed E-state index contributed by atoms with van der Waals surface area (Å²) in [6.45, 7) is 2.12. The van der Waals surface area contributed by atoms with E-state index in [-0.39, 0.29) is 11.5 Å². The number of hydrogen-bond acceptors (Lipinski definition) is 6. The molecule has 0 bridgehead atoms. The standard InChI is InChI=1S/C20H25N3O3S/c1-12-17(13-7-8-13)23(20(27-12)22-15-5-3-2-4-6-15)21-11-14-9-10-16(24)19(26)18(14)25/h9-11,13,15,24-26H,2-8H2,1H3/b21-11+,22-20?. The van der Waals surface area contributed by atoms with Crippen molar-refractivity contribution in [2.75, 3.05) is 0 Å². The van der Waals surface area contributed by atoms with Crippen LogP contribution in [0, 0.1) is 6.92 Å². The lowest BCUT2D eigenvalue weighted by atomic mass is 9.96. The summed E-state index contributed by atoms with van der Waals surface area (Å²) in [6.07, 6.45) is 9.88. The van der Waals surface area contributed by atoms with E-state index in [4.69, 9.17) is 4.99 Å². The monoisotopic (exact) mass is 387 g/mol. The van der Waals surface area contributed by atoms with Crippen LogP contribution in [-0.4, -0.2) is 32.3 Å². The van der Waals surface area contributed by atoms with Gasteiger partial charge < -0.3 is 15.3 Å². The molecule has 0 atom stereocenters. The number of phenolic OH excluding ortho intramolecular Hbond substituents is 3. The first-order valence-corrected chi connectivity index (χ1v) is 10.4. The molecule has 7 heteroatoms. The lowest BCUT2D eigenvalue weighted by molar-refractivity contribution is 0.367. The molecule has 0 amide bonds. The van der Waals surface area contributed by atoms with Crippen molar-refractivity contribution >= 4 is 17.6 Å². The number of thiazole rings is 1. The predicted octanol–water partition coefficient (Wildman–Crippen LogP) is 3.97. The Bertz CT molecular complexity index is 935. The molecule has 0 radical (unpaired) electrons. The van der Waals surface area contributed by atoms with Crippen molar-refractivity contribution in [3.63, 3.8) is 0 Å². The van der Waals surface area contributed by atoms with Gasteiger partial charge in [-0.05, 0) is 44.7 Å². The van der Waals surface area contributed by atoms with E-state index in [1.807, 2.05) is 4.68 Å². The second-order valence-electron chi connectivity index (χ2n) is 7.45. The lowest BCUT2D eigenvalue weighted by Gasteiger charge is -2.16. The molecule has 1 aromatic carbocycles. The Morgan fingerprint density at radius 3 is 2.48 bits per heavy atom. The van der Waals surface area contributed by atoms with Gasteiger partial charge in [0, 0.05) is 16.4 Å². The molecule has 3 N–H and O–H groups in total. The number of rotatable bonds is 4. The molecule has 2 aliphatic rings. The van der Waals surface area contributed by atoms with Crippen LogP contribution in [0.1, 0.15) is 67.0 Å². The smallest absolute Gasteiger partial charge is 0.206 e. The van der Waals surface area contributed by atoms with Gasteiger partial charge in [0.15, 0.2) is 11.5 Å². The Kier molecular flexibility index (Phi) is 4.95. The quantitative estimate of drug-likeness (QED) is 0.548. The molecule has 27 heavy (non-hydrogen) atoms. The lowest BCUT2D eigenvalue weighted by Crippen LogP contribution is -2.19. The Morgan fingerprint density at radius 1 is 1.04 bits per heavy atom. The zero-order chi connectivity index (χ0) is 19.0. The maximum Gasteiger partial charge on any atom is 0.206 e. The average molecular weight is 388 g/mol. The highest BCUT2D eigenvalue weighted by Crippen LogP contribution is 2.42. The molecule has 2 saturated carbocycles. The van der Waals surface area contributed by atoms with Crippen LogP contribution < -0.4 is 4.80 Å². The zero-order valence-electron chi connectivity index (χ0n) is 15.4. The SMILES string of the molecule is Cc1sc(=NC2CCCCC2)n(/N=C/c2ccc(O)c(O)c2O)c1C1CC1. The molecule has 6 nitrogen and oxygen atoms in total. The van der Waals surface area contributed by atoms with Crippen molar-refractivity contribution in [3.05, 3.63) is 33.1 Å². The molecular formula is C20H25N3O3S. The number of aryl methyl sites for hydroxylation is 1. The van der Waals surface area contributed by atoms with E-state index >= 15 is 0 Å². The highest BCUT2D eigenvalue weighted by molar-refractivity contribution is 7.09. The van der Waals surface area contributed by atoms with Crippen molar-refractivity contribution in [1.82, 2.24) is 4.68 Å². The third-order valence-corrected chi connectivity index (χ3v) is 6.30. The summed E-state index contributed by atoms with van der Waals surface area (Å²) in [5, 5.41) is 33.9. The number of hydrogen-bond donors (Lipinski definition) is 3. The van der Waals surface area contributed by atoms with Gasteiger partial charge in [-0.3, -0.25) is 4.99 Å². The normalized spacial score (nSPS) is 19.2. The summed E-state index contributed by atoms with van der Waals surface area (Å²) < 4.78 is 1.91. The van der Waals surface area contributed by atoms with E-state index in [2.05, 4.69) is 12.0 Å². The van der Waals surface area contributed by atoms with Crippen LogP contribution in [0.5, 0.6) is 17.2 Å². The van der Waals surface area contributed by atoms with Gasteiger partial charge in [-0.15, -0.1) is 11.3 Å². The van der Waals surface area contributed by atoms with Crippen molar-refractivity contribution < 1.29 is 15.3 Å². The van der Waals surface area contributed by atoms with E-state index in [1.165, 1.54) is 61.0 Å². The zero-order valence-corrected chi connectivity index (χ0v) is 16.2. The molecular weight excluding hydrogens is 362 g/mol. The molecule has 2 fully saturated rings. The van der Waals surface area contributed by atoms with Crippen molar-refractivity contribution in [3.8, 4) is 17.2 Å². The topological polar surface area (TPSA) is 90.3 Å². The van der Waals surface area contributed by atoms with Crippen LogP contribution in [0.2, 0.25) is 0 Å². The first kappa shape index (κ1) is 18.1. The van der Waals surface area contributed by atoms with Crippen molar-refractivity contribution in [1.29, 1.82) is 0 Å². The molecule has 0 aliphatic heterocycles. The second-order valence-corrected chi connectivity index (χ2v) is 8.63. The minimum atomic E-state index is -0.528. The molecule has 0 spiro atoms. The second kappa shape index (κ2) is 7.38. The highest BCUT2D eigenvalue weighted by Gasteiger charge is 2.30. The maximum atomic E-state index is 10.1. The number of nitrogens with zero attached hydrogens (tertiary/aromatic N) is 3. The van der Waals surface area contributed by atoms with Gasteiger partial charge in [0.05, 0.1) is 18.0 Å². The Morgan fingerprint density at radius 2 is 1.78 bits per heavy atom. The third-order valence-electron chi connectivity index (χ3n) is 5.32. The van der Waals surface area contributed by atoms with Gasteiger partial charge in [-0.1, -0.05) is 19.3 Å². The number of aromatic hydroxyl groups is 3. The van der Waals surface area contributed by atoms with E-state index in [0.717, 1.165) is 17.6 Å². The fourth-order valence-electron chi connectivity index (χ4n) is 3.67. The minimum Gasteiger partial charge on any atom is -0.504 e. The van der Waals surface area contributed by atoms with E-state index in [0.29, 0.717) is 17.5 Å². The molecule has 1 heterocycles. The summed E-state index contributed by atoms with van der Waals surface area (Å²) in [5.74, 6) is -0.726. The van der Waals surface area contributed by atoms with Crippen LogP contribution in [0.25, 0.3) is 0 Å². The van der Waals surface area contributed by atoms with Crippen molar-refractivity contribution in [2.24, 2.45) is 10.1 Å². The summed E-state index contributed by atoms with van der Waals surface area (Å²) in [7, 11) is 0. The molecule has 4 rings (SSSR count). The Balaban J connectivity index is 1.74. The van der Waals surface area contributed by atoms with Crippen LogP contribution in [0.15, 0.2) is 22.2 Å². The molecule has 1 aromatic heterocycles. The van der Waals surface area contributed by atoms with Crippen molar-refractivity contribution in [2.45, 2.75) is 63.8 Å². The number of aromatic nitrogens is 1. The third kappa shape index (κ3) is 3.74. The molecule has 0 unspecified atom stereocenters.